The molecule has 0 aromatic heterocycles. The molecule has 0 bridgehead atoms. The molecule has 0 aromatic rings. The van der Waals surface area contributed by atoms with Gasteiger partial charge < -0.3 is 10.6 Å². The highest BCUT2D eigenvalue weighted by Crippen LogP contribution is 2.19. The van der Waals surface area contributed by atoms with Crippen molar-refractivity contribution in [2.24, 2.45) is 0 Å². The van der Waals surface area contributed by atoms with Crippen molar-refractivity contribution in [3.63, 3.8) is 0 Å². The molecule has 0 aromatic carbocycles. The molecule has 0 spiro atoms. The van der Waals surface area contributed by atoms with Crippen LogP contribution in [-0.2, 0) is 14.6 Å². The molecule has 2 N–H and O–H groups in total. The summed E-state index contributed by atoms with van der Waals surface area (Å²) in [4.78, 5) is 11.8. The van der Waals surface area contributed by atoms with Crippen LogP contribution in [0.3, 0.4) is 0 Å². The molecular weight excluding hydrogens is 276 g/mol. The number of carbonyl (C=O) groups is 1. The summed E-state index contributed by atoms with van der Waals surface area (Å²) in [6.45, 7) is 1.11. The van der Waals surface area contributed by atoms with Gasteiger partial charge in [0.25, 0.3) is 0 Å². The summed E-state index contributed by atoms with van der Waals surface area (Å²) < 4.78 is 23.0. The van der Waals surface area contributed by atoms with Gasteiger partial charge in [-0.25, -0.2) is 8.42 Å². The van der Waals surface area contributed by atoms with E-state index < -0.39 is 9.84 Å². The van der Waals surface area contributed by atoms with Gasteiger partial charge in [-0.2, -0.15) is 0 Å². The summed E-state index contributed by atoms with van der Waals surface area (Å²) in [5, 5.41) is 5.98. The van der Waals surface area contributed by atoms with Crippen LogP contribution in [0.4, 0.5) is 0 Å². The maximum atomic E-state index is 11.8. The van der Waals surface area contributed by atoms with Crippen LogP contribution < -0.4 is 10.6 Å². The molecule has 6 heteroatoms. The predicted molar refractivity (Wildman–Crippen MR) is 79.2 cm³/mol. The Hall–Kier alpha value is -0.880. The largest absolute Gasteiger partial charge is 0.356 e. The molecule has 2 aliphatic rings. The summed E-state index contributed by atoms with van der Waals surface area (Å²) >= 11 is 0. The molecule has 1 atom stereocenters. The first kappa shape index (κ1) is 15.5. The third kappa shape index (κ3) is 5.25. The highest BCUT2D eigenvalue weighted by atomic mass is 32.2. The van der Waals surface area contributed by atoms with Crippen molar-refractivity contribution < 1.29 is 13.2 Å². The van der Waals surface area contributed by atoms with Crippen molar-refractivity contribution in [3.05, 3.63) is 11.6 Å². The molecule has 114 valence electrons. The minimum absolute atomic E-state index is 0.0593. The minimum atomic E-state index is -2.97. The Morgan fingerprint density at radius 1 is 1.40 bits per heavy atom. The van der Waals surface area contributed by atoms with Crippen molar-refractivity contribution in [3.8, 4) is 0 Å². The van der Waals surface area contributed by atoms with E-state index in [0.29, 0.717) is 13.1 Å². The van der Waals surface area contributed by atoms with E-state index in [1.54, 1.807) is 0 Å². The minimum Gasteiger partial charge on any atom is -0.356 e. The Balaban J connectivity index is 1.66. The van der Waals surface area contributed by atoms with E-state index >= 15 is 0 Å². The van der Waals surface area contributed by atoms with Gasteiger partial charge in [-0.1, -0.05) is 11.6 Å². The molecule has 1 heterocycles. The second kappa shape index (κ2) is 7.22. The average Bonchev–Trinajstić information content (AvgIpc) is 2.38. The number of hydrogen-bond acceptors (Lipinski definition) is 4. The maximum absolute atomic E-state index is 11.8. The third-order valence-corrected chi connectivity index (χ3v) is 5.62. The Bertz CT molecular complexity index is 471. The third-order valence-electron chi connectivity index (χ3n) is 3.89. The van der Waals surface area contributed by atoms with Crippen LogP contribution >= 0.6 is 0 Å². The van der Waals surface area contributed by atoms with E-state index in [-0.39, 0.29) is 29.9 Å². The van der Waals surface area contributed by atoms with E-state index in [9.17, 15) is 13.2 Å². The van der Waals surface area contributed by atoms with Gasteiger partial charge in [-0.05, 0) is 32.1 Å². The number of amides is 1. The van der Waals surface area contributed by atoms with Crippen LogP contribution in [0, 0.1) is 0 Å². The maximum Gasteiger partial charge on any atom is 0.221 e. The van der Waals surface area contributed by atoms with Crippen LogP contribution in [-0.4, -0.2) is 45.0 Å². The SMILES string of the molecule is O=C(CC1CS(=O)(=O)CCN1)NCCC1=CCCCC1. The molecule has 0 radical (unpaired) electrons. The Morgan fingerprint density at radius 3 is 2.95 bits per heavy atom. The van der Waals surface area contributed by atoms with Crippen LogP contribution in [0.1, 0.15) is 38.5 Å². The van der Waals surface area contributed by atoms with Crippen LogP contribution in [0.25, 0.3) is 0 Å². The monoisotopic (exact) mass is 300 g/mol. The molecule has 1 aliphatic heterocycles. The molecule has 1 fully saturated rings. The van der Waals surface area contributed by atoms with Crippen LogP contribution in [0.15, 0.2) is 11.6 Å². The number of allylic oxidation sites excluding steroid dienone is 1. The Morgan fingerprint density at radius 2 is 2.25 bits per heavy atom. The number of nitrogens with one attached hydrogen (secondary N) is 2. The molecule has 5 nitrogen and oxygen atoms in total. The van der Waals surface area contributed by atoms with E-state index in [0.717, 1.165) is 19.3 Å². The lowest BCUT2D eigenvalue weighted by molar-refractivity contribution is -0.121. The molecule has 2 rings (SSSR count). The molecule has 1 unspecified atom stereocenters. The summed E-state index contributed by atoms with van der Waals surface area (Å²) in [7, 11) is -2.97. The fourth-order valence-electron chi connectivity index (χ4n) is 2.79. The first-order valence-corrected chi connectivity index (χ1v) is 9.26. The van der Waals surface area contributed by atoms with Gasteiger partial charge in [0, 0.05) is 25.6 Å². The number of sulfone groups is 1. The Kier molecular flexibility index (Phi) is 5.60. The fraction of sp³-hybridized carbons (Fsp3) is 0.786. The normalized spacial score (nSPS) is 25.8. The number of rotatable bonds is 5. The molecule has 1 aliphatic carbocycles. The Labute approximate surface area is 121 Å². The van der Waals surface area contributed by atoms with Crippen molar-refractivity contribution in [1.29, 1.82) is 0 Å². The van der Waals surface area contributed by atoms with Crippen molar-refractivity contribution in [1.82, 2.24) is 10.6 Å². The van der Waals surface area contributed by atoms with Crippen molar-refractivity contribution in [2.45, 2.75) is 44.6 Å². The van der Waals surface area contributed by atoms with Gasteiger partial charge in [-0.15, -0.1) is 0 Å². The van der Waals surface area contributed by atoms with Crippen LogP contribution in [0.2, 0.25) is 0 Å². The molecular formula is C14H24N2O3S. The predicted octanol–water partition coefficient (Wildman–Crippen LogP) is 0.770. The first-order chi connectivity index (χ1) is 9.55. The zero-order valence-electron chi connectivity index (χ0n) is 11.9. The van der Waals surface area contributed by atoms with Gasteiger partial charge in [0.1, 0.15) is 0 Å². The van der Waals surface area contributed by atoms with E-state index in [1.807, 2.05) is 0 Å². The summed E-state index contributed by atoms with van der Waals surface area (Å²) in [6, 6.07) is -0.234. The topological polar surface area (TPSA) is 75.3 Å². The van der Waals surface area contributed by atoms with Crippen molar-refractivity contribution >= 4 is 15.7 Å². The second-order valence-corrected chi connectivity index (χ2v) is 7.91. The highest BCUT2D eigenvalue weighted by Gasteiger charge is 2.25. The quantitative estimate of drug-likeness (QED) is 0.735. The lowest BCUT2D eigenvalue weighted by atomic mass is 9.97. The first-order valence-electron chi connectivity index (χ1n) is 7.43. The standard InChI is InChI=1S/C14H24N2O3S/c17-14(10-13-11-20(18,19)9-8-15-13)16-7-6-12-4-2-1-3-5-12/h4,13,15H,1-3,5-11H2,(H,16,17). The zero-order chi connectivity index (χ0) is 14.4. The van der Waals surface area contributed by atoms with Gasteiger partial charge in [0.2, 0.25) is 5.91 Å². The smallest absolute Gasteiger partial charge is 0.221 e. The second-order valence-electron chi connectivity index (χ2n) is 5.68. The van der Waals surface area contributed by atoms with E-state index in [2.05, 4.69) is 16.7 Å². The highest BCUT2D eigenvalue weighted by molar-refractivity contribution is 7.91. The summed E-state index contributed by atoms with van der Waals surface area (Å²) in [5.74, 6) is 0.196. The zero-order valence-corrected chi connectivity index (χ0v) is 12.7. The van der Waals surface area contributed by atoms with Crippen molar-refractivity contribution in [2.75, 3.05) is 24.6 Å². The van der Waals surface area contributed by atoms with Gasteiger partial charge in [-0.3, -0.25) is 4.79 Å². The average molecular weight is 300 g/mol. The molecule has 0 saturated carbocycles. The molecule has 1 amide bonds. The lowest BCUT2D eigenvalue weighted by Gasteiger charge is -2.23. The molecule has 1 saturated heterocycles. The number of carbonyl (C=O) groups excluding carboxylic acids is 1. The summed E-state index contributed by atoms with van der Waals surface area (Å²) in [6.07, 6.45) is 8.29. The van der Waals surface area contributed by atoms with Gasteiger partial charge >= 0.3 is 0 Å². The summed E-state index contributed by atoms with van der Waals surface area (Å²) in [5.41, 5.74) is 1.44. The van der Waals surface area contributed by atoms with Gasteiger partial charge in [0.05, 0.1) is 11.5 Å². The van der Waals surface area contributed by atoms with Crippen LogP contribution in [0.5, 0.6) is 0 Å². The van der Waals surface area contributed by atoms with Gasteiger partial charge in [0.15, 0.2) is 9.84 Å². The fourth-order valence-corrected chi connectivity index (χ4v) is 4.23. The number of hydrogen-bond donors (Lipinski definition) is 2. The van der Waals surface area contributed by atoms with E-state index in [4.69, 9.17) is 0 Å². The lowest BCUT2D eigenvalue weighted by Crippen LogP contribution is -2.47. The molecule has 20 heavy (non-hydrogen) atoms. The van der Waals surface area contributed by atoms with E-state index in [1.165, 1.54) is 18.4 Å².